The Kier molecular flexibility index (Phi) is 6.38. The number of carbonyl (C=O) groups is 2. The number of carboxylic acid groups (broad SMARTS) is 1. The molecule has 1 aromatic rings. The van der Waals surface area contributed by atoms with Gasteiger partial charge in [-0.3, -0.25) is 14.9 Å². The molecule has 0 aliphatic heterocycles. The smallest absolute Gasteiger partial charge is 0.321 e. The lowest BCUT2D eigenvalue weighted by Crippen LogP contribution is -2.39. The SMILES string of the molecule is CCCNc1ncc(CN[C@H](CC(N)=O)C(=O)O)cn1. The molecule has 1 aromatic heterocycles. The van der Waals surface area contributed by atoms with Gasteiger partial charge in [0.15, 0.2) is 0 Å². The highest BCUT2D eigenvalue weighted by Gasteiger charge is 2.19. The molecule has 0 radical (unpaired) electrons. The van der Waals surface area contributed by atoms with Crippen LogP contribution in [0.5, 0.6) is 0 Å². The zero-order chi connectivity index (χ0) is 15.0. The van der Waals surface area contributed by atoms with Crippen molar-refractivity contribution in [1.29, 1.82) is 0 Å². The Balaban J connectivity index is 2.51. The van der Waals surface area contributed by atoms with Crippen LogP contribution in [0.25, 0.3) is 0 Å². The maximum atomic E-state index is 10.9. The summed E-state index contributed by atoms with van der Waals surface area (Å²) in [5, 5.41) is 14.7. The molecule has 1 rings (SSSR count). The monoisotopic (exact) mass is 281 g/mol. The van der Waals surface area contributed by atoms with E-state index in [0.717, 1.165) is 18.5 Å². The minimum absolute atomic E-state index is 0.248. The van der Waals surface area contributed by atoms with E-state index in [1.165, 1.54) is 0 Å². The Bertz CT molecular complexity index is 449. The highest BCUT2D eigenvalue weighted by Crippen LogP contribution is 2.02. The Morgan fingerprint density at radius 1 is 1.40 bits per heavy atom. The molecule has 8 heteroatoms. The summed E-state index contributed by atoms with van der Waals surface area (Å²) >= 11 is 0. The summed E-state index contributed by atoms with van der Waals surface area (Å²) in [6, 6.07) is -1.01. The number of hydrogen-bond donors (Lipinski definition) is 4. The highest BCUT2D eigenvalue weighted by molar-refractivity contribution is 5.83. The van der Waals surface area contributed by atoms with E-state index < -0.39 is 17.9 Å². The number of anilines is 1. The van der Waals surface area contributed by atoms with Crippen molar-refractivity contribution in [1.82, 2.24) is 15.3 Å². The maximum Gasteiger partial charge on any atom is 0.321 e. The summed E-state index contributed by atoms with van der Waals surface area (Å²) in [6.07, 6.45) is 3.91. The van der Waals surface area contributed by atoms with E-state index >= 15 is 0 Å². The van der Waals surface area contributed by atoms with Crippen LogP contribution in [0.4, 0.5) is 5.95 Å². The first-order valence-electron chi connectivity index (χ1n) is 6.32. The zero-order valence-electron chi connectivity index (χ0n) is 11.3. The minimum atomic E-state index is -1.12. The molecule has 0 aliphatic carbocycles. The standard InChI is InChI=1S/C12H19N5O3/c1-2-3-14-12-16-6-8(7-17-12)5-15-9(11(19)20)4-10(13)18/h6-7,9,15H,2-5H2,1H3,(H2,13,18)(H,19,20)(H,14,16,17)/t9-/m1/s1. The summed E-state index contributed by atoms with van der Waals surface area (Å²) < 4.78 is 0. The lowest BCUT2D eigenvalue weighted by atomic mass is 10.2. The average molecular weight is 281 g/mol. The number of aromatic nitrogens is 2. The third-order valence-electron chi connectivity index (χ3n) is 2.49. The van der Waals surface area contributed by atoms with Crippen molar-refractivity contribution in [2.24, 2.45) is 5.73 Å². The fourth-order valence-corrected chi connectivity index (χ4v) is 1.46. The van der Waals surface area contributed by atoms with Gasteiger partial charge in [0, 0.05) is 31.0 Å². The molecule has 0 unspecified atom stereocenters. The number of nitrogens with zero attached hydrogens (tertiary/aromatic N) is 2. The predicted molar refractivity (Wildman–Crippen MR) is 72.9 cm³/mol. The molecule has 0 saturated heterocycles. The number of hydrogen-bond acceptors (Lipinski definition) is 6. The Morgan fingerprint density at radius 2 is 2.05 bits per heavy atom. The second-order valence-electron chi connectivity index (χ2n) is 4.28. The Morgan fingerprint density at radius 3 is 2.55 bits per heavy atom. The number of carbonyl (C=O) groups excluding carboxylic acids is 1. The lowest BCUT2D eigenvalue weighted by molar-refractivity contribution is -0.141. The summed E-state index contributed by atoms with van der Waals surface area (Å²) in [5.74, 6) is -1.26. The van der Waals surface area contributed by atoms with Gasteiger partial charge >= 0.3 is 5.97 Å². The molecular formula is C12H19N5O3. The van der Waals surface area contributed by atoms with Crippen molar-refractivity contribution >= 4 is 17.8 Å². The van der Waals surface area contributed by atoms with Crippen molar-refractivity contribution in [2.45, 2.75) is 32.4 Å². The van der Waals surface area contributed by atoms with Crippen LogP contribution in [-0.2, 0) is 16.1 Å². The van der Waals surface area contributed by atoms with Crippen molar-refractivity contribution in [3.8, 4) is 0 Å². The fourth-order valence-electron chi connectivity index (χ4n) is 1.46. The molecule has 0 fully saturated rings. The van der Waals surface area contributed by atoms with Crippen molar-refractivity contribution in [3.63, 3.8) is 0 Å². The Labute approximate surface area is 116 Å². The van der Waals surface area contributed by atoms with Gasteiger partial charge in [0.2, 0.25) is 11.9 Å². The van der Waals surface area contributed by atoms with Crippen molar-refractivity contribution in [3.05, 3.63) is 18.0 Å². The molecule has 1 amide bonds. The van der Waals surface area contributed by atoms with E-state index in [-0.39, 0.29) is 13.0 Å². The van der Waals surface area contributed by atoms with Crippen molar-refractivity contribution in [2.75, 3.05) is 11.9 Å². The van der Waals surface area contributed by atoms with Gasteiger partial charge in [0.25, 0.3) is 0 Å². The summed E-state index contributed by atoms with van der Waals surface area (Å²) in [6.45, 7) is 3.08. The number of nitrogens with two attached hydrogens (primary N) is 1. The van der Waals surface area contributed by atoms with Crippen molar-refractivity contribution < 1.29 is 14.7 Å². The first-order valence-corrected chi connectivity index (χ1v) is 6.32. The number of primary amides is 1. The van der Waals surface area contributed by atoms with Gasteiger partial charge in [0.05, 0.1) is 6.42 Å². The van der Waals surface area contributed by atoms with Crippen LogP contribution in [0.3, 0.4) is 0 Å². The molecule has 8 nitrogen and oxygen atoms in total. The first-order chi connectivity index (χ1) is 9.52. The number of nitrogens with one attached hydrogen (secondary N) is 2. The highest BCUT2D eigenvalue weighted by atomic mass is 16.4. The van der Waals surface area contributed by atoms with Crippen LogP contribution in [0.1, 0.15) is 25.3 Å². The molecule has 20 heavy (non-hydrogen) atoms. The molecule has 110 valence electrons. The molecule has 0 aliphatic rings. The minimum Gasteiger partial charge on any atom is -0.480 e. The number of amides is 1. The van der Waals surface area contributed by atoms with Gasteiger partial charge in [-0.15, -0.1) is 0 Å². The second kappa shape index (κ2) is 8.05. The van der Waals surface area contributed by atoms with E-state index in [1.807, 2.05) is 6.92 Å². The van der Waals surface area contributed by atoms with Gasteiger partial charge in [-0.1, -0.05) is 6.92 Å². The van der Waals surface area contributed by atoms with Crippen LogP contribution < -0.4 is 16.4 Å². The van der Waals surface area contributed by atoms with Gasteiger partial charge in [-0.2, -0.15) is 0 Å². The predicted octanol–water partition coefficient (Wildman–Crippen LogP) is -0.283. The maximum absolute atomic E-state index is 10.9. The van der Waals surface area contributed by atoms with Crippen LogP contribution >= 0.6 is 0 Å². The van der Waals surface area contributed by atoms with Crippen LogP contribution in [0.15, 0.2) is 12.4 Å². The summed E-state index contributed by atoms with van der Waals surface area (Å²) in [4.78, 5) is 29.9. The fraction of sp³-hybridized carbons (Fsp3) is 0.500. The van der Waals surface area contributed by atoms with E-state index in [1.54, 1.807) is 12.4 Å². The number of rotatable bonds is 9. The normalized spacial score (nSPS) is 11.8. The summed E-state index contributed by atoms with van der Waals surface area (Å²) in [5.41, 5.74) is 5.72. The Hall–Kier alpha value is -2.22. The van der Waals surface area contributed by atoms with Crippen LogP contribution in [-0.4, -0.2) is 39.5 Å². The molecule has 5 N–H and O–H groups in total. The molecule has 1 atom stereocenters. The molecule has 0 bridgehead atoms. The molecule has 0 aromatic carbocycles. The van der Waals surface area contributed by atoms with E-state index in [4.69, 9.17) is 10.8 Å². The van der Waals surface area contributed by atoms with Gasteiger partial charge in [0.1, 0.15) is 6.04 Å². The topological polar surface area (TPSA) is 130 Å². The van der Waals surface area contributed by atoms with Gasteiger partial charge in [-0.25, -0.2) is 9.97 Å². The molecule has 1 heterocycles. The summed E-state index contributed by atoms with van der Waals surface area (Å²) in [7, 11) is 0. The van der Waals surface area contributed by atoms with E-state index in [9.17, 15) is 9.59 Å². The number of carboxylic acids is 1. The molecule has 0 spiro atoms. The molecular weight excluding hydrogens is 262 g/mol. The van der Waals surface area contributed by atoms with Crippen LogP contribution in [0, 0.1) is 0 Å². The van der Waals surface area contributed by atoms with E-state index in [0.29, 0.717) is 5.95 Å². The van der Waals surface area contributed by atoms with Gasteiger partial charge < -0.3 is 16.2 Å². The lowest BCUT2D eigenvalue weighted by Gasteiger charge is -2.12. The van der Waals surface area contributed by atoms with E-state index in [2.05, 4.69) is 20.6 Å². The number of aliphatic carboxylic acids is 1. The molecule has 0 saturated carbocycles. The largest absolute Gasteiger partial charge is 0.480 e. The van der Waals surface area contributed by atoms with Crippen LogP contribution in [0.2, 0.25) is 0 Å². The third kappa shape index (κ3) is 5.61. The van der Waals surface area contributed by atoms with Gasteiger partial charge in [-0.05, 0) is 6.42 Å². The first kappa shape index (κ1) is 15.8. The average Bonchev–Trinajstić information content (AvgIpc) is 2.41. The second-order valence-corrected chi connectivity index (χ2v) is 4.28. The quantitative estimate of drug-likeness (QED) is 0.489. The third-order valence-corrected chi connectivity index (χ3v) is 2.49. The zero-order valence-corrected chi connectivity index (χ0v) is 11.3.